The first-order valence-corrected chi connectivity index (χ1v) is 21.5. The topological polar surface area (TPSA) is 122 Å². The summed E-state index contributed by atoms with van der Waals surface area (Å²) in [5.74, 6) is -3.92. The first-order valence-electron chi connectivity index (χ1n) is 21.5. The van der Waals surface area contributed by atoms with Gasteiger partial charge in [0.1, 0.15) is 17.2 Å². The first-order chi connectivity index (χ1) is 30.1. The number of aromatic nitrogens is 8. The molecule has 12 nitrogen and oxygen atoms in total. The smallest absolute Gasteiger partial charge is 0.338 e. The maximum absolute atomic E-state index is 15.1. The molecule has 6 aromatic rings. The molecule has 4 aromatic heterocycles. The van der Waals surface area contributed by atoms with E-state index in [9.17, 15) is 17.6 Å². The highest BCUT2D eigenvalue weighted by Gasteiger charge is 2.39. The number of likely N-dealkylation sites (tertiary alicyclic amines) is 2. The average Bonchev–Trinajstić information content (AvgIpc) is 3.88. The summed E-state index contributed by atoms with van der Waals surface area (Å²) in [7, 11) is 4.19. The third-order valence-electron chi connectivity index (χ3n) is 12.4. The number of aromatic amines is 2. The van der Waals surface area contributed by atoms with Gasteiger partial charge >= 0.3 is 6.18 Å². The van der Waals surface area contributed by atoms with E-state index >= 15 is 13.2 Å². The molecule has 2 aromatic carbocycles. The number of hydrazine groups is 1. The average molecular weight is 881 g/mol. The molecule has 6 heterocycles. The fraction of sp³-hybridized carbons (Fsp3) is 0.500. The van der Waals surface area contributed by atoms with E-state index in [1.54, 1.807) is 16.2 Å². The maximum Gasteiger partial charge on any atom is 0.434 e. The molecule has 0 amide bonds. The van der Waals surface area contributed by atoms with Crippen LogP contribution in [-0.2, 0) is 6.18 Å². The number of nitrogens with zero attached hydrogens (tertiary/aromatic N) is 10. The number of piperidine rings is 2. The predicted octanol–water partition coefficient (Wildman–Crippen LogP) is 9.52. The van der Waals surface area contributed by atoms with E-state index in [4.69, 9.17) is 9.97 Å². The van der Waals surface area contributed by atoms with Gasteiger partial charge in [-0.05, 0) is 122 Å². The number of anilines is 2. The summed E-state index contributed by atoms with van der Waals surface area (Å²) in [5.41, 5.74) is -0.732. The number of alkyl halides is 3. The number of hydrogen-bond donors (Lipinski definition) is 2. The van der Waals surface area contributed by atoms with Crippen LogP contribution in [0, 0.1) is 35.1 Å². The molecule has 336 valence electrons. The standard InChI is InChI=1S/C44H51F7N12/c1-25(2)37-28(40-54-33-10-9-30(45)36(48)38(33)57-40)23-52-42(58-37)62(15-5-7-26-11-17-60(3)18-12-26)63(16-6-8-27-13-19-61(4)20-14-27)43-53-24-29(39(59-43)44(49,50)51)41-55-34-21-31(46)32(47)22-35(34)56-41/h9-10,21-27H,5-8,11-20H2,1-4H3,(H,54,57)(H,55,56). The largest absolute Gasteiger partial charge is 0.434 e. The SMILES string of the molecule is CC(C)c1nc(N(CCCC2CCN(C)CC2)N(CCCC2CCN(C)CC2)c2ncc(-c3nc4cc(F)c(F)cc4[nH]3)c(C(F)(F)F)n2)ncc1-c1nc2c(F)c(F)ccc2[nH]1. The minimum Gasteiger partial charge on any atom is -0.338 e. The molecular weight excluding hydrogens is 830 g/mol. The predicted molar refractivity (Wildman–Crippen MR) is 227 cm³/mol. The number of fused-ring (bicyclic) bond motifs is 2. The van der Waals surface area contributed by atoms with Gasteiger partial charge in [-0.25, -0.2) is 57.5 Å². The highest BCUT2D eigenvalue weighted by atomic mass is 19.4. The molecule has 0 atom stereocenters. The highest BCUT2D eigenvalue weighted by Crippen LogP contribution is 2.38. The number of imidazole rings is 2. The molecule has 2 N–H and O–H groups in total. The van der Waals surface area contributed by atoms with Crippen molar-refractivity contribution in [3.05, 3.63) is 71.3 Å². The van der Waals surface area contributed by atoms with Crippen LogP contribution < -0.4 is 10.0 Å². The van der Waals surface area contributed by atoms with Crippen molar-refractivity contribution >= 4 is 34.0 Å². The van der Waals surface area contributed by atoms with Gasteiger partial charge in [-0.3, -0.25) is 0 Å². The summed E-state index contributed by atoms with van der Waals surface area (Å²) >= 11 is 0. The van der Waals surface area contributed by atoms with Crippen LogP contribution in [0.25, 0.3) is 44.8 Å². The summed E-state index contributed by atoms with van der Waals surface area (Å²) in [5, 5.41) is 3.39. The Labute approximate surface area is 360 Å². The minimum absolute atomic E-state index is 0.00826. The summed E-state index contributed by atoms with van der Waals surface area (Å²) in [4.78, 5) is 37.4. The Morgan fingerprint density at radius 3 is 1.81 bits per heavy atom. The van der Waals surface area contributed by atoms with Gasteiger partial charge < -0.3 is 19.8 Å². The second kappa shape index (κ2) is 18.3. The fourth-order valence-corrected chi connectivity index (χ4v) is 8.71. The first kappa shape index (κ1) is 44.2. The number of hydrogen-bond acceptors (Lipinski definition) is 10. The van der Waals surface area contributed by atoms with Gasteiger partial charge in [-0.1, -0.05) is 13.8 Å². The number of benzene rings is 2. The molecule has 2 aliphatic heterocycles. The van der Waals surface area contributed by atoms with E-state index in [2.05, 4.69) is 53.8 Å². The Morgan fingerprint density at radius 2 is 1.22 bits per heavy atom. The zero-order valence-electron chi connectivity index (χ0n) is 35.7. The lowest BCUT2D eigenvalue weighted by atomic mass is 9.92. The molecular formula is C44H51F7N12. The molecule has 2 fully saturated rings. The molecule has 0 saturated carbocycles. The van der Waals surface area contributed by atoms with E-state index in [1.807, 2.05) is 13.8 Å². The van der Waals surface area contributed by atoms with Crippen molar-refractivity contribution in [1.82, 2.24) is 49.7 Å². The third kappa shape index (κ3) is 9.73. The second-order valence-corrected chi connectivity index (χ2v) is 17.3. The van der Waals surface area contributed by atoms with Crippen LogP contribution in [0.3, 0.4) is 0 Å². The van der Waals surface area contributed by atoms with Gasteiger partial charge in [0.25, 0.3) is 0 Å². The van der Waals surface area contributed by atoms with Crippen molar-refractivity contribution in [3.63, 3.8) is 0 Å². The lowest BCUT2D eigenvalue weighted by molar-refractivity contribution is -0.140. The molecule has 19 heteroatoms. The Hall–Kier alpha value is -5.43. The van der Waals surface area contributed by atoms with Crippen LogP contribution in [-0.4, -0.2) is 103 Å². The summed E-state index contributed by atoms with van der Waals surface area (Å²) in [6, 6.07) is 4.07. The molecule has 2 aliphatic rings. The van der Waals surface area contributed by atoms with Crippen LogP contribution in [0.1, 0.15) is 82.5 Å². The Bertz CT molecular complexity index is 2500. The number of nitrogens with one attached hydrogen (secondary N) is 2. The van der Waals surface area contributed by atoms with Gasteiger partial charge in [-0.2, -0.15) is 13.2 Å². The van der Waals surface area contributed by atoms with E-state index in [0.717, 1.165) is 89.1 Å². The normalized spacial score (nSPS) is 16.3. The number of rotatable bonds is 14. The van der Waals surface area contributed by atoms with E-state index < -0.39 is 40.7 Å². The van der Waals surface area contributed by atoms with Crippen LogP contribution in [0.4, 0.5) is 42.6 Å². The van der Waals surface area contributed by atoms with Gasteiger partial charge in [0, 0.05) is 37.6 Å². The Kier molecular flexibility index (Phi) is 12.9. The summed E-state index contributed by atoms with van der Waals surface area (Å²) in [6.45, 7) is 8.27. The molecule has 2 saturated heterocycles. The summed E-state index contributed by atoms with van der Waals surface area (Å²) in [6.07, 6.45) is 4.61. The number of H-pyrrole nitrogens is 2. The third-order valence-corrected chi connectivity index (χ3v) is 12.4. The monoisotopic (exact) mass is 880 g/mol. The van der Waals surface area contributed by atoms with Gasteiger partial charge in [-0.15, -0.1) is 0 Å². The second-order valence-electron chi connectivity index (χ2n) is 17.3. The lowest BCUT2D eigenvalue weighted by Crippen LogP contribution is -2.47. The van der Waals surface area contributed by atoms with Gasteiger partial charge in [0.05, 0.1) is 33.4 Å². The van der Waals surface area contributed by atoms with Crippen LogP contribution in [0.5, 0.6) is 0 Å². The van der Waals surface area contributed by atoms with Crippen molar-refractivity contribution in [2.75, 3.05) is 63.4 Å². The molecule has 8 rings (SSSR count). The maximum atomic E-state index is 15.1. The molecule has 0 radical (unpaired) electrons. The van der Waals surface area contributed by atoms with Crippen molar-refractivity contribution in [2.45, 2.75) is 77.3 Å². The van der Waals surface area contributed by atoms with E-state index in [1.165, 1.54) is 6.07 Å². The quantitative estimate of drug-likeness (QED) is 0.0809. The molecule has 0 unspecified atom stereocenters. The van der Waals surface area contributed by atoms with Crippen LogP contribution >= 0.6 is 0 Å². The molecule has 0 bridgehead atoms. The number of halogens is 7. The lowest BCUT2D eigenvalue weighted by Gasteiger charge is -2.37. The van der Waals surface area contributed by atoms with E-state index in [-0.39, 0.29) is 58.1 Å². The van der Waals surface area contributed by atoms with Crippen molar-refractivity contribution < 1.29 is 30.7 Å². The van der Waals surface area contributed by atoms with E-state index in [0.29, 0.717) is 42.5 Å². The summed E-state index contributed by atoms with van der Waals surface area (Å²) < 4.78 is 103. The van der Waals surface area contributed by atoms with Crippen molar-refractivity contribution in [3.8, 4) is 22.8 Å². The fourth-order valence-electron chi connectivity index (χ4n) is 8.71. The highest BCUT2D eigenvalue weighted by molar-refractivity contribution is 5.81. The van der Waals surface area contributed by atoms with Crippen molar-refractivity contribution in [1.29, 1.82) is 0 Å². The van der Waals surface area contributed by atoms with Gasteiger partial charge in [0.15, 0.2) is 29.0 Å². The van der Waals surface area contributed by atoms with Gasteiger partial charge in [0.2, 0.25) is 11.9 Å². The van der Waals surface area contributed by atoms with Crippen LogP contribution in [0.15, 0.2) is 36.7 Å². The van der Waals surface area contributed by atoms with Crippen molar-refractivity contribution in [2.24, 2.45) is 11.8 Å². The minimum atomic E-state index is -4.99. The Balaban J connectivity index is 1.21. The molecule has 0 spiro atoms. The Morgan fingerprint density at radius 1 is 0.683 bits per heavy atom. The molecule has 0 aliphatic carbocycles. The molecule has 63 heavy (non-hydrogen) atoms. The zero-order chi connectivity index (χ0) is 44.6. The van der Waals surface area contributed by atoms with Crippen LogP contribution in [0.2, 0.25) is 0 Å². The zero-order valence-corrected chi connectivity index (χ0v) is 35.7.